The maximum absolute atomic E-state index is 13.5. The maximum atomic E-state index is 13.5. The number of benzene rings is 1. The average molecular weight is 376 g/mol. The van der Waals surface area contributed by atoms with Gasteiger partial charge in [-0.25, -0.2) is 4.98 Å². The smallest absolute Gasteiger partial charge is 0.416 e. The number of fused-ring (bicyclic) bond motifs is 1. The van der Waals surface area contributed by atoms with Crippen LogP contribution in [0.4, 0.5) is 13.2 Å². The number of alkyl halides is 3. The molecule has 4 nitrogen and oxygen atoms in total. The van der Waals surface area contributed by atoms with Crippen LogP contribution in [0.5, 0.6) is 0 Å². The minimum atomic E-state index is -4.47. The van der Waals surface area contributed by atoms with E-state index in [1.165, 1.54) is 12.1 Å². The lowest BCUT2D eigenvalue weighted by Gasteiger charge is -2.22. The van der Waals surface area contributed by atoms with Gasteiger partial charge in [0.1, 0.15) is 5.65 Å². The van der Waals surface area contributed by atoms with Gasteiger partial charge in [0.25, 0.3) is 0 Å². The Morgan fingerprint density at radius 3 is 2.56 bits per heavy atom. The molecule has 0 radical (unpaired) electrons. The summed E-state index contributed by atoms with van der Waals surface area (Å²) in [6.45, 7) is 3.54. The van der Waals surface area contributed by atoms with Crippen LogP contribution in [0, 0.1) is 0 Å². The first-order valence-corrected chi connectivity index (χ1v) is 8.60. The van der Waals surface area contributed by atoms with Gasteiger partial charge in [-0.3, -0.25) is 4.79 Å². The highest BCUT2D eigenvalue weighted by Crippen LogP contribution is 2.38. The number of nitrogens with zero attached hydrogens (tertiary/aromatic N) is 2. The fraction of sp³-hybridized carbons (Fsp3) is 0.300. The van der Waals surface area contributed by atoms with Crippen LogP contribution in [-0.4, -0.2) is 20.6 Å². The number of carboxylic acids is 1. The van der Waals surface area contributed by atoms with E-state index in [0.717, 1.165) is 6.07 Å². The molecule has 0 aliphatic rings. The van der Waals surface area contributed by atoms with Crippen LogP contribution in [0.15, 0.2) is 42.6 Å². The molecule has 0 aliphatic carbocycles. The first-order chi connectivity index (χ1) is 12.8. The standard InChI is InChI=1S/C20H19F3N2O2/c1-3-17-15(11-18(26)27)14-8-6-10-24-19(14)25(17)12(2)13-7-4-5-9-16(13)20(21,22)23/h4-10,12H,3,11H2,1-2H3,(H,26,27). The monoisotopic (exact) mass is 376 g/mol. The number of pyridine rings is 1. The molecule has 1 aromatic carbocycles. The van der Waals surface area contributed by atoms with Crippen molar-refractivity contribution in [2.75, 3.05) is 0 Å². The fourth-order valence-electron chi connectivity index (χ4n) is 3.66. The molecule has 1 N–H and O–H groups in total. The average Bonchev–Trinajstić information content (AvgIpc) is 2.93. The lowest BCUT2D eigenvalue weighted by atomic mass is 10.00. The summed E-state index contributed by atoms with van der Waals surface area (Å²) in [5, 5.41) is 9.94. The number of halogens is 3. The molecule has 142 valence electrons. The van der Waals surface area contributed by atoms with Crippen molar-refractivity contribution in [3.63, 3.8) is 0 Å². The van der Waals surface area contributed by atoms with Gasteiger partial charge in [0.2, 0.25) is 0 Å². The molecule has 0 amide bonds. The number of carboxylic acid groups (broad SMARTS) is 1. The topological polar surface area (TPSA) is 55.1 Å². The van der Waals surface area contributed by atoms with Gasteiger partial charge in [-0.15, -0.1) is 0 Å². The summed E-state index contributed by atoms with van der Waals surface area (Å²) in [4.78, 5) is 15.7. The number of aliphatic carboxylic acids is 1. The Labute approximate surface area is 154 Å². The van der Waals surface area contributed by atoms with E-state index in [1.54, 1.807) is 35.9 Å². The van der Waals surface area contributed by atoms with Crippen LogP contribution in [0.3, 0.4) is 0 Å². The van der Waals surface area contributed by atoms with Crippen LogP contribution in [0.2, 0.25) is 0 Å². The van der Waals surface area contributed by atoms with Gasteiger partial charge in [0.15, 0.2) is 0 Å². The second kappa shape index (κ2) is 7.06. The van der Waals surface area contributed by atoms with Crippen LogP contribution in [0.1, 0.15) is 42.3 Å². The van der Waals surface area contributed by atoms with E-state index in [0.29, 0.717) is 28.7 Å². The Hall–Kier alpha value is -2.83. The van der Waals surface area contributed by atoms with Gasteiger partial charge in [0.05, 0.1) is 18.0 Å². The van der Waals surface area contributed by atoms with E-state index in [4.69, 9.17) is 0 Å². The molecule has 3 aromatic rings. The molecule has 0 bridgehead atoms. The Morgan fingerprint density at radius 1 is 1.22 bits per heavy atom. The quantitative estimate of drug-likeness (QED) is 0.692. The van der Waals surface area contributed by atoms with E-state index in [-0.39, 0.29) is 12.0 Å². The molecule has 27 heavy (non-hydrogen) atoms. The summed E-state index contributed by atoms with van der Waals surface area (Å²) < 4.78 is 42.2. The highest BCUT2D eigenvalue weighted by molar-refractivity contribution is 5.87. The predicted octanol–water partition coefficient (Wildman–Crippen LogP) is 4.85. The maximum Gasteiger partial charge on any atom is 0.416 e. The molecule has 3 rings (SSSR count). The van der Waals surface area contributed by atoms with Gasteiger partial charge in [-0.05, 0) is 42.7 Å². The molecule has 0 aliphatic heterocycles. The lowest BCUT2D eigenvalue weighted by molar-refractivity contribution is -0.138. The third-order valence-corrected chi connectivity index (χ3v) is 4.75. The van der Waals surface area contributed by atoms with E-state index < -0.39 is 23.8 Å². The van der Waals surface area contributed by atoms with Crippen LogP contribution in [0.25, 0.3) is 11.0 Å². The Morgan fingerprint density at radius 2 is 1.93 bits per heavy atom. The van der Waals surface area contributed by atoms with Crippen molar-refractivity contribution in [2.24, 2.45) is 0 Å². The van der Waals surface area contributed by atoms with Crippen LogP contribution < -0.4 is 0 Å². The van der Waals surface area contributed by atoms with Crippen LogP contribution >= 0.6 is 0 Å². The summed E-state index contributed by atoms with van der Waals surface area (Å²) in [7, 11) is 0. The van der Waals surface area contributed by atoms with E-state index >= 15 is 0 Å². The predicted molar refractivity (Wildman–Crippen MR) is 95.7 cm³/mol. The highest BCUT2D eigenvalue weighted by atomic mass is 19.4. The molecule has 0 saturated heterocycles. The largest absolute Gasteiger partial charge is 0.481 e. The molecule has 2 aromatic heterocycles. The van der Waals surface area contributed by atoms with E-state index in [2.05, 4.69) is 4.98 Å². The number of carbonyl (C=O) groups is 1. The first-order valence-electron chi connectivity index (χ1n) is 8.60. The van der Waals surface area contributed by atoms with Crippen molar-refractivity contribution in [1.29, 1.82) is 0 Å². The fourth-order valence-corrected chi connectivity index (χ4v) is 3.66. The molecule has 1 atom stereocenters. The Balaban J connectivity index is 2.28. The van der Waals surface area contributed by atoms with Gasteiger partial charge < -0.3 is 9.67 Å². The summed E-state index contributed by atoms with van der Waals surface area (Å²) in [6.07, 6.45) is -2.63. The second-order valence-electron chi connectivity index (χ2n) is 6.35. The van der Waals surface area contributed by atoms with Crippen molar-refractivity contribution in [3.05, 3.63) is 65.0 Å². The molecule has 2 heterocycles. The zero-order chi connectivity index (χ0) is 19.8. The lowest BCUT2D eigenvalue weighted by Crippen LogP contribution is -2.17. The van der Waals surface area contributed by atoms with Crippen molar-refractivity contribution in [2.45, 2.75) is 38.9 Å². The van der Waals surface area contributed by atoms with E-state index in [1.807, 2.05) is 6.92 Å². The summed E-state index contributed by atoms with van der Waals surface area (Å²) in [5.41, 5.74) is 1.22. The summed E-state index contributed by atoms with van der Waals surface area (Å²) in [5.74, 6) is -0.990. The molecule has 0 fully saturated rings. The second-order valence-corrected chi connectivity index (χ2v) is 6.35. The zero-order valence-corrected chi connectivity index (χ0v) is 14.9. The third kappa shape index (κ3) is 3.41. The first kappa shape index (κ1) is 18.9. The summed E-state index contributed by atoms with van der Waals surface area (Å²) >= 11 is 0. The van der Waals surface area contributed by atoms with Crippen molar-refractivity contribution < 1.29 is 23.1 Å². The number of hydrogen-bond acceptors (Lipinski definition) is 2. The van der Waals surface area contributed by atoms with E-state index in [9.17, 15) is 23.1 Å². The minimum Gasteiger partial charge on any atom is -0.481 e. The van der Waals surface area contributed by atoms with Crippen molar-refractivity contribution in [1.82, 2.24) is 9.55 Å². The molecule has 7 heteroatoms. The Bertz CT molecular complexity index is 993. The molecule has 0 saturated carbocycles. The molecule has 0 spiro atoms. The minimum absolute atomic E-state index is 0.129. The zero-order valence-electron chi connectivity index (χ0n) is 14.9. The molecular formula is C20H19F3N2O2. The molecule has 1 unspecified atom stereocenters. The number of aromatic nitrogens is 2. The van der Waals surface area contributed by atoms with Crippen LogP contribution in [-0.2, 0) is 23.8 Å². The number of hydrogen-bond donors (Lipinski definition) is 1. The van der Waals surface area contributed by atoms with Gasteiger partial charge in [-0.1, -0.05) is 25.1 Å². The highest BCUT2D eigenvalue weighted by Gasteiger charge is 2.35. The number of rotatable bonds is 5. The third-order valence-electron chi connectivity index (χ3n) is 4.75. The molecular weight excluding hydrogens is 357 g/mol. The summed E-state index contributed by atoms with van der Waals surface area (Å²) in [6, 6.07) is 8.27. The van der Waals surface area contributed by atoms with Gasteiger partial charge in [-0.2, -0.15) is 13.2 Å². The Kier molecular flexibility index (Phi) is 4.95. The van der Waals surface area contributed by atoms with Crippen molar-refractivity contribution >= 4 is 17.0 Å². The van der Waals surface area contributed by atoms with Gasteiger partial charge >= 0.3 is 12.1 Å². The normalized spacial score (nSPS) is 13.1. The SMILES string of the molecule is CCc1c(CC(=O)O)c2cccnc2n1C(C)c1ccccc1C(F)(F)F. The van der Waals surface area contributed by atoms with Gasteiger partial charge in [0, 0.05) is 17.3 Å². The van der Waals surface area contributed by atoms with Crippen molar-refractivity contribution in [3.8, 4) is 0 Å².